The van der Waals surface area contributed by atoms with Gasteiger partial charge in [0.1, 0.15) is 0 Å². The third-order valence-corrected chi connectivity index (χ3v) is 15.3. The monoisotopic (exact) mass is 810 g/mol. The molecule has 0 radical (unpaired) electrons. The van der Waals surface area contributed by atoms with E-state index in [4.69, 9.17) is 0 Å². The van der Waals surface area contributed by atoms with Gasteiger partial charge in [0.05, 0.1) is 0 Å². The minimum atomic E-state index is -0.0673. The van der Waals surface area contributed by atoms with Gasteiger partial charge in [0.25, 0.3) is 0 Å². The average Bonchev–Trinajstić information content (AvgIpc) is 3.56. The molecule has 0 unspecified atom stereocenters. The van der Waals surface area contributed by atoms with Gasteiger partial charge in [0, 0.05) is 45.0 Å². The molecule has 0 aliphatic heterocycles. The molecule has 0 spiro atoms. The minimum Gasteiger partial charge on any atom is -0.311 e. The summed E-state index contributed by atoms with van der Waals surface area (Å²) in [5.41, 5.74) is 16.9. The van der Waals surface area contributed by atoms with Crippen LogP contribution in [0, 0.1) is 11.8 Å². The highest BCUT2D eigenvalue weighted by molar-refractivity contribution is 5.85. The number of para-hydroxylation sites is 2. The molecular weight excluding hydrogens is 749 g/mol. The van der Waals surface area contributed by atoms with Crippen molar-refractivity contribution in [2.45, 2.75) is 102 Å². The van der Waals surface area contributed by atoms with Gasteiger partial charge in [-0.3, -0.25) is 0 Å². The van der Waals surface area contributed by atoms with Crippen molar-refractivity contribution < 1.29 is 0 Å². The molecule has 7 aromatic carbocycles. The minimum absolute atomic E-state index is 0.0530. The normalized spacial score (nSPS) is 19.5. The first-order chi connectivity index (χ1) is 30.3. The Hall–Kier alpha value is -5.86. The molecule has 62 heavy (non-hydrogen) atoms. The van der Waals surface area contributed by atoms with Gasteiger partial charge in [0.15, 0.2) is 0 Å². The van der Waals surface area contributed by atoms with Crippen LogP contribution in [0.25, 0.3) is 11.1 Å². The summed E-state index contributed by atoms with van der Waals surface area (Å²) in [5, 5.41) is 0. The summed E-state index contributed by atoms with van der Waals surface area (Å²) < 4.78 is 0. The van der Waals surface area contributed by atoms with Crippen LogP contribution < -0.4 is 9.80 Å². The summed E-state index contributed by atoms with van der Waals surface area (Å²) in [6.07, 6.45) is 11.5. The molecule has 7 aromatic rings. The Morgan fingerprint density at radius 1 is 0.435 bits per heavy atom. The number of fused-ring (bicyclic) bond motifs is 3. The highest BCUT2D eigenvalue weighted by atomic mass is 15.1. The lowest BCUT2D eigenvalue weighted by Crippen LogP contribution is -2.34. The van der Waals surface area contributed by atoms with Crippen molar-refractivity contribution in [2.75, 3.05) is 9.80 Å². The van der Waals surface area contributed by atoms with E-state index in [0.717, 1.165) is 18.8 Å². The summed E-state index contributed by atoms with van der Waals surface area (Å²) in [5.74, 6) is 2.16. The second-order valence-electron chi connectivity index (χ2n) is 19.4. The molecule has 0 amide bonds. The molecule has 0 heterocycles. The van der Waals surface area contributed by atoms with Gasteiger partial charge in [-0.1, -0.05) is 150 Å². The van der Waals surface area contributed by atoms with Crippen molar-refractivity contribution in [3.63, 3.8) is 0 Å². The first-order valence-corrected chi connectivity index (χ1v) is 23.6. The maximum atomic E-state index is 2.45. The van der Waals surface area contributed by atoms with Gasteiger partial charge in [-0.15, -0.1) is 0 Å². The largest absolute Gasteiger partial charge is 0.311 e. The van der Waals surface area contributed by atoms with Crippen LogP contribution in [-0.2, 0) is 10.8 Å². The van der Waals surface area contributed by atoms with Crippen LogP contribution in [0.4, 0.5) is 34.1 Å². The fraction of sp³-hybridized carbons (Fsp3) is 0.300. The number of nitrogens with zero attached hydrogens (tertiary/aromatic N) is 2. The third-order valence-electron chi connectivity index (χ3n) is 15.3. The maximum Gasteiger partial charge on any atom is 0.0465 e. The van der Waals surface area contributed by atoms with Crippen LogP contribution in [0.2, 0.25) is 0 Å². The van der Waals surface area contributed by atoms with E-state index in [0.29, 0.717) is 11.8 Å². The Bertz CT molecular complexity index is 2590. The molecule has 0 atom stereocenters. The van der Waals surface area contributed by atoms with Crippen LogP contribution in [0.15, 0.2) is 176 Å². The SMILES string of the molecule is CC(C)C1CCC(c2ccc(N(c3ccccc3)c3ccc(C4CCCCC4)cc3)cc2)(c2ccc(N(c3ccccc3)c3ccc4c(c3)C(C)(C)c3ccccc3-4)cc2)CC1. The summed E-state index contributed by atoms with van der Waals surface area (Å²) >= 11 is 0. The highest BCUT2D eigenvalue weighted by Gasteiger charge is 2.40. The first-order valence-electron chi connectivity index (χ1n) is 23.6. The fourth-order valence-electron chi connectivity index (χ4n) is 11.6. The van der Waals surface area contributed by atoms with E-state index in [1.165, 1.54) is 118 Å². The fourth-order valence-corrected chi connectivity index (χ4v) is 11.6. The number of hydrogen-bond donors (Lipinski definition) is 0. The van der Waals surface area contributed by atoms with Gasteiger partial charge in [-0.05, 0) is 168 Å². The van der Waals surface area contributed by atoms with Gasteiger partial charge >= 0.3 is 0 Å². The summed E-state index contributed by atoms with van der Waals surface area (Å²) in [4.78, 5) is 4.88. The standard InChI is InChI=1S/C60H62N2/c1-43(2)44-38-40-60(41-39-44,47-26-32-52(33-27-47)61(49-18-10-6-11-19-49)51-30-24-46(25-31-51)45-16-8-5-9-17-45)48-28-34-53(35-29-48)62(50-20-12-7-13-21-50)54-36-37-56-55-22-14-15-23-57(55)59(3,4)58(56)42-54/h6-7,10-15,18-37,42-45H,5,8-9,16-17,38-41H2,1-4H3. The Morgan fingerprint density at radius 3 is 1.44 bits per heavy atom. The molecule has 2 fully saturated rings. The third kappa shape index (κ3) is 7.36. The Morgan fingerprint density at radius 2 is 0.887 bits per heavy atom. The molecule has 3 aliphatic rings. The van der Waals surface area contributed by atoms with Gasteiger partial charge < -0.3 is 9.80 Å². The zero-order valence-corrected chi connectivity index (χ0v) is 37.2. The first kappa shape index (κ1) is 40.2. The van der Waals surface area contributed by atoms with Crippen molar-refractivity contribution in [1.29, 1.82) is 0 Å². The Balaban J connectivity index is 1.00. The van der Waals surface area contributed by atoms with E-state index in [9.17, 15) is 0 Å². The molecule has 0 aromatic heterocycles. The molecule has 0 N–H and O–H groups in total. The predicted octanol–water partition coefficient (Wildman–Crippen LogP) is 17.1. The van der Waals surface area contributed by atoms with Crippen LogP contribution >= 0.6 is 0 Å². The molecule has 3 aliphatic carbocycles. The lowest BCUT2D eigenvalue weighted by Gasteiger charge is -2.43. The second-order valence-corrected chi connectivity index (χ2v) is 19.4. The number of anilines is 6. The molecule has 2 saturated carbocycles. The van der Waals surface area contributed by atoms with Crippen LogP contribution in [0.5, 0.6) is 0 Å². The lowest BCUT2D eigenvalue weighted by molar-refractivity contribution is 0.217. The van der Waals surface area contributed by atoms with E-state index in [1.54, 1.807) is 0 Å². The molecule has 0 saturated heterocycles. The number of benzene rings is 7. The summed E-state index contributed by atoms with van der Waals surface area (Å²) in [7, 11) is 0. The van der Waals surface area contributed by atoms with Crippen LogP contribution in [0.3, 0.4) is 0 Å². The van der Waals surface area contributed by atoms with E-state index in [2.05, 4.69) is 213 Å². The average molecular weight is 811 g/mol. The van der Waals surface area contributed by atoms with E-state index < -0.39 is 0 Å². The van der Waals surface area contributed by atoms with Crippen LogP contribution in [-0.4, -0.2) is 0 Å². The maximum absolute atomic E-state index is 2.45. The van der Waals surface area contributed by atoms with Crippen molar-refractivity contribution >= 4 is 34.1 Å². The second kappa shape index (κ2) is 16.8. The number of hydrogen-bond acceptors (Lipinski definition) is 2. The van der Waals surface area contributed by atoms with Gasteiger partial charge in [-0.2, -0.15) is 0 Å². The van der Waals surface area contributed by atoms with Crippen molar-refractivity contribution in [3.05, 3.63) is 204 Å². The van der Waals surface area contributed by atoms with E-state index in [-0.39, 0.29) is 10.8 Å². The smallest absolute Gasteiger partial charge is 0.0465 e. The van der Waals surface area contributed by atoms with Crippen molar-refractivity contribution in [3.8, 4) is 11.1 Å². The molecule has 312 valence electrons. The predicted molar refractivity (Wildman–Crippen MR) is 263 cm³/mol. The molecule has 10 rings (SSSR count). The summed E-state index contributed by atoms with van der Waals surface area (Å²) in [6, 6.07) is 66.6. The van der Waals surface area contributed by atoms with Gasteiger partial charge in [-0.25, -0.2) is 0 Å². The molecule has 2 nitrogen and oxygen atoms in total. The zero-order valence-electron chi connectivity index (χ0n) is 37.2. The molecule has 2 heteroatoms. The van der Waals surface area contributed by atoms with Crippen molar-refractivity contribution in [2.24, 2.45) is 11.8 Å². The van der Waals surface area contributed by atoms with E-state index >= 15 is 0 Å². The molecule has 0 bridgehead atoms. The summed E-state index contributed by atoms with van der Waals surface area (Å²) in [6.45, 7) is 9.57. The van der Waals surface area contributed by atoms with Gasteiger partial charge in [0.2, 0.25) is 0 Å². The van der Waals surface area contributed by atoms with E-state index in [1.807, 2.05) is 0 Å². The quantitative estimate of drug-likeness (QED) is 0.136. The lowest BCUT2D eigenvalue weighted by atomic mass is 9.61. The van der Waals surface area contributed by atoms with Crippen molar-refractivity contribution in [1.82, 2.24) is 0 Å². The Kier molecular flexibility index (Phi) is 10.9. The Labute approximate surface area is 371 Å². The number of rotatable bonds is 10. The molecular formula is C60H62N2. The topological polar surface area (TPSA) is 6.48 Å². The highest BCUT2D eigenvalue weighted by Crippen LogP contribution is 2.52. The van der Waals surface area contributed by atoms with Crippen LogP contribution in [0.1, 0.15) is 119 Å². The zero-order chi connectivity index (χ0) is 42.3.